The van der Waals surface area contributed by atoms with Gasteiger partial charge in [-0.3, -0.25) is 4.79 Å². The summed E-state index contributed by atoms with van der Waals surface area (Å²) in [7, 11) is 1.68. The molecule has 1 aliphatic heterocycles. The standard InChI is InChI=1S/C17H21N3O2S/c1-13-18-14(12-23-13)10-17(21)20-8-6-19(7-9-20)15-4-3-5-16(11-15)22-2/h3-5,11-12H,6-10H2,1-2H3. The second-order valence-electron chi connectivity index (χ2n) is 5.60. The molecule has 0 aliphatic carbocycles. The summed E-state index contributed by atoms with van der Waals surface area (Å²) in [5.74, 6) is 1.03. The summed E-state index contributed by atoms with van der Waals surface area (Å²) < 4.78 is 5.28. The summed E-state index contributed by atoms with van der Waals surface area (Å²) in [6.07, 6.45) is 0.406. The number of thiazole rings is 1. The maximum Gasteiger partial charge on any atom is 0.228 e. The molecule has 1 saturated heterocycles. The number of hydrogen-bond acceptors (Lipinski definition) is 5. The minimum absolute atomic E-state index is 0.167. The van der Waals surface area contributed by atoms with Crippen molar-refractivity contribution < 1.29 is 9.53 Å². The predicted molar refractivity (Wildman–Crippen MR) is 92.3 cm³/mol. The van der Waals surface area contributed by atoms with E-state index in [1.807, 2.05) is 35.4 Å². The normalized spacial score (nSPS) is 14.9. The van der Waals surface area contributed by atoms with Crippen LogP contribution in [0.25, 0.3) is 0 Å². The van der Waals surface area contributed by atoms with Gasteiger partial charge in [0.2, 0.25) is 5.91 Å². The molecule has 1 amide bonds. The Bertz CT molecular complexity index is 678. The molecule has 0 radical (unpaired) electrons. The first-order chi connectivity index (χ1) is 11.2. The summed E-state index contributed by atoms with van der Waals surface area (Å²) in [5.41, 5.74) is 2.03. The minimum atomic E-state index is 0.167. The number of nitrogens with zero attached hydrogens (tertiary/aromatic N) is 3. The fourth-order valence-corrected chi connectivity index (χ4v) is 3.39. The van der Waals surface area contributed by atoms with Crippen LogP contribution in [0, 0.1) is 6.92 Å². The van der Waals surface area contributed by atoms with E-state index in [1.165, 1.54) is 0 Å². The first-order valence-corrected chi connectivity index (χ1v) is 8.61. The first-order valence-electron chi connectivity index (χ1n) is 7.73. The number of aryl methyl sites for hydroxylation is 1. The van der Waals surface area contributed by atoms with Gasteiger partial charge in [0.15, 0.2) is 0 Å². The van der Waals surface area contributed by atoms with Gasteiger partial charge in [-0.15, -0.1) is 11.3 Å². The molecule has 23 heavy (non-hydrogen) atoms. The number of carbonyl (C=O) groups excluding carboxylic acids is 1. The largest absolute Gasteiger partial charge is 0.497 e. The second kappa shape index (κ2) is 7.00. The van der Waals surface area contributed by atoms with Gasteiger partial charge in [-0.25, -0.2) is 4.98 Å². The van der Waals surface area contributed by atoms with Crippen LogP contribution in [0.15, 0.2) is 29.6 Å². The van der Waals surface area contributed by atoms with Crippen molar-refractivity contribution in [2.24, 2.45) is 0 Å². The molecular weight excluding hydrogens is 310 g/mol. The average Bonchev–Trinajstić information content (AvgIpc) is 3.00. The molecule has 5 nitrogen and oxygen atoms in total. The van der Waals surface area contributed by atoms with Crippen LogP contribution in [0.2, 0.25) is 0 Å². The molecule has 1 aliphatic rings. The third-order valence-electron chi connectivity index (χ3n) is 4.05. The molecule has 1 aromatic carbocycles. The molecule has 0 spiro atoms. The number of amides is 1. The van der Waals surface area contributed by atoms with E-state index < -0.39 is 0 Å². The maximum atomic E-state index is 12.4. The zero-order chi connectivity index (χ0) is 16.2. The molecule has 0 saturated carbocycles. The highest BCUT2D eigenvalue weighted by Gasteiger charge is 2.22. The van der Waals surface area contributed by atoms with Gasteiger partial charge in [0.25, 0.3) is 0 Å². The first kappa shape index (κ1) is 15.8. The Kier molecular flexibility index (Phi) is 4.81. The lowest BCUT2D eigenvalue weighted by molar-refractivity contribution is -0.130. The highest BCUT2D eigenvalue weighted by molar-refractivity contribution is 7.09. The van der Waals surface area contributed by atoms with Crippen molar-refractivity contribution in [2.75, 3.05) is 38.2 Å². The van der Waals surface area contributed by atoms with Crippen molar-refractivity contribution in [3.8, 4) is 5.75 Å². The summed E-state index contributed by atoms with van der Waals surface area (Å²) in [5, 5.41) is 2.98. The van der Waals surface area contributed by atoms with Gasteiger partial charge in [0.05, 0.1) is 24.2 Å². The van der Waals surface area contributed by atoms with E-state index in [9.17, 15) is 4.79 Å². The molecular formula is C17H21N3O2S. The van der Waals surface area contributed by atoms with Crippen LogP contribution in [0.4, 0.5) is 5.69 Å². The quantitative estimate of drug-likeness (QED) is 0.863. The van der Waals surface area contributed by atoms with Crippen LogP contribution in [0.3, 0.4) is 0 Å². The number of benzene rings is 1. The summed E-state index contributed by atoms with van der Waals surface area (Å²) in [6, 6.07) is 8.06. The Labute approximate surface area is 140 Å². The van der Waals surface area contributed by atoms with Gasteiger partial charge in [0.1, 0.15) is 5.75 Å². The van der Waals surface area contributed by atoms with Crippen LogP contribution < -0.4 is 9.64 Å². The lowest BCUT2D eigenvalue weighted by Crippen LogP contribution is -2.49. The van der Waals surface area contributed by atoms with E-state index in [0.717, 1.165) is 48.3 Å². The van der Waals surface area contributed by atoms with E-state index >= 15 is 0 Å². The Hall–Kier alpha value is -2.08. The Balaban J connectivity index is 1.56. The molecule has 3 rings (SSSR count). The number of piperazine rings is 1. The number of anilines is 1. The smallest absolute Gasteiger partial charge is 0.228 e. The van der Waals surface area contributed by atoms with Gasteiger partial charge < -0.3 is 14.5 Å². The maximum absolute atomic E-state index is 12.4. The fourth-order valence-electron chi connectivity index (χ4n) is 2.78. The molecule has 0 N–H and O–H groups in total. The number of carbonyl (C=O) groups is 1. The molecule has 2 aromatic rings. The lowest BCUT2D eigenvalue weighted by Gasteiger charge is -2.36. The Morgan fingerprint density at radius 1 is 1.30 bits per heavy atom. The van der Waals surface area contributed by atoms with Crippen molar-refractivity contribution in [1.29, 1.82) is 0 Å². The predicted octanol–water partition coefficient (Wildman–Crippen LogP) is 2.35. The SMILES string of the molecule is COc1cccc(N2CCN(C(=O)Cc3csc(C)n3)CC2)c1. The zero-order valence-corrected chi connectivity index (χ0v) is 14.3. The van der Waals surface area contributed by atoms with Crippen LogP contribution in [0.5, 0.6) is 5.75 Å². The number of ether oxygens (including phenoxy) is 1. The third kappa shape index (κ3) is 3.82. The third-order valence-corrected chi connectivity index (χ3v) is 4.87. The van der Waals surface area contributed by atoms with Gasteiger partial charge in [-0.1, -0.05) is 6.07 Å². The Morgan fingerprint density at radius 2 is 2.09 bits per heavy atom. The summed E-state index contributed by atoms with van der Waals surface area (Å²) >= 11 is 1.59. The number of hydrogen-bond donors (Lipinski definition) is 0. The molecule has 0 unspecified atom stereocenters. The molecule has 0 bridgehead atoms. The van der Waals surface area contributed by atoms with Crippen LogP contribution in [-0.2, 0) is 11.2 Å². The molecule has 6 heteroatoms. The van der Waals surface area contributed by atoms with Gasteiger partial charge in [-0.05, 0) is 19.1 Å². The monoisotopic (exact) mass is 331 g/mol. The van der Waals surface area contributed by atoms with Crippen LogP contribution >= 0.6 is 11.3 Å². The fraction of sp³-hybridized carbons (Fsp3) is 0.412. The van der Waals surface area contributed by atoms with E-state index in [2.05, 4.69) is 16.0 Å². The number of rotatable bonds is 4. The zero-order valence-electron chi connectivity index (χ0n) is 13.5. The molecule has 122 valence electrons. The summed E-state index contributed by atoms with van der Waals surface area (Å²) in [6.45, 7) is 5.15. The minimum Gasteiger partial charge on any atom is -0.497 e. The molecule has 1 aromatic heterocycles. The van der Waals surface area contributed by atoms with E-state index in [0.29, 0.717) is 6.42 Å². The van der Waals surface area contributed by atoms with E-state index in [4.69, 9.17) is 4.74 Å². The Morgan fingerprint density at radius 3 is 2.74 bits per heavy atom. The summed E-state index contributed by atoms with van der Waals surface area (Å²) in [4.78, 5) is 21.0. The van der Waals surface area contributed by atoms with Gasteiger partial charge in [-0.2, -0.15) is 0 Å². The molecule has 1 fully saturated rings. The molecule has 2 heterocycles. The van der Waals surface area contributed by atoms with Crippen molar-refractivity contribution in [3.63, 3.8) is 0 Å². The van der Waals surface area contributed by atoms with E-state index in [1.54, 1.807) is 18.4 Å². The van der Waals surface area contributed by atoms with Crippen molar-refractivity contribution in [1.82, 2.24) is 9.88 Å². The number of methoxy groups -OCH3 is 1. The van der Waals surface area contributed by atoms with E-state index in [-0.39, 0.29) is 5.91 Å². The van der Waals surface area contributed by atoms with Gasteiger partial charge >= 0.3 is 0 Å². The van der Waals surface area contributed by atoms with Crippen LogP contribution in [0.1, 0.15) is 10.7 Å². The highest BCUT2D eigenvalue weighted by atomic mass is 32.1. The van der Waals surface area contributed by atoms with Crippen molar-refractivity contribution >= 4 is 22.9 Å². The highest BCUT2D eigenvalue weighted by Crippen LogP contribution is 2.22. The molecule has 0 atom stereocenters. The number of aromatic nitrogens is 1. The lowest BCUT2D eigenvalue weighted by atomic mass is 10.2. The second-order valence-corrected chi connectivity index (χ2v) is 6.67. The van der Waals surface area contributed by atoms with Crippen molar-refractivity contribution in [3.05, 3.63) is 40.3 Å². The van der Waals surface area contributed by atoms with Gasteiger partial charge in [0, 0.05) is 43.3 Å². The van der Waals surface area contributed by atoms with Crippen molar-refractivity contribution in [2.45, 2.75) is 13.3 Å². The topological polar surface area (TPSA) is 45.7 Å². The van der Waals surface area contributed by atoms with Crippen LogP contribution in [-0.4, -0.2) is 49.1 Å². The average molecular weight is 331 g/mol.